The second-order valence-electron chi connectivity index (χ2n) is 12.3. The molecule has 45 heavy (non-hydrogen) atoms. The second-order valence-corrected chi connectivity index (χ2v) is 18.2. The van der Waals surface area contributed by atoms with Crippen LogP contribution in [0, 0.1) is 41.5 Å². The predicted octanol–water partition coefficient (Wildman–Crippen LogP) is 10.8. The van der Waals surface area contributed by atoms with Crippen LogP contribution in [0.15, 0.2) is 121 Å². The molecule has 0 atom stereocenters. The van der Waals surface area contributed by atoms with Crippen molar-refractivity contribution in [3.05, 3.63) is 155 Å². The highest BCUT2D eigenvalue weighted by molar-refractivity contribution is 9.44. The van der Waals surface area contributed by atoms with Crippen LogP contribution in [0.4, 0.5) is 0 Å². The first kappa shape index (κ1) is 31.0. The Labute approximate surface area is 276 Å². The molecule has 0 aliphatic carbocycles. The van der Waals surface area contributed by atoms with E-state index in [0.29, 0.717) is 5.75 Å². The molecule has 0 fully saturated rings. The predicted molar refractivity (Wildman–Crippen MR) is 200 cm³/mol. The Bertz CT molecular complexity index is 1850. The van der Waals surface area contributed by atoms with Gasteiger partial charge in [0.2, 0.25) is 0 Å². The van der Waals surface area contributed by atoms with Crippen LogP contribution in [0.5, 0.6) is 5.75 Å². The van der Waals surface area contributed by atoms with Crippen molar-refractivity contribution in [1.29, 1.82) is 0 Å². The number of phenols is 1. The van der Waals surface area contributed by atoms with Gasteiger partial charge in [0.05, 0.1) is 0 Å². The molecule has 0 saturated carbocycles. The van der Waals surface area contributed by atoms with Crippen molar-refractivity contribution in [2.45, 2.75) is 41.5 Å². The van der Waals surface area contributed by atoms with Gasteiger partial charge in [-0.1, -0.05) is 83.9 Å². The molecule has 6 aromatic rings. The summed E-state index contributed by atoms with van der Waals surface area (Å²) in [6.07, 6.45) is 0. The number of phenolic OH excluding ortho intramolecular Hbond substituents is 1. The molecule has 6 aromatic carbocycles. The Morgan fingerprint density at radius 2 is 0.800 bits per heavy atom. The maximum atomic E-state index is 12.0. The van der Waals surface area contributed by atoms with Gasteiger partial charge in [0.1, 0.15) is 21.7 Å². The van der Waals surface area contributed by atoms with Gasteiger partial charge in [-0.25, -0.2) is 0 Å². The number of aryl methyl sites for hydroxylation is 6. The molecule has 0 spiro atoms. The van der Waals surface area contributed by atoms with Crippen molar-refractivity contribution in [3.8, 4) is 39.1 Å². The quantitative estimate of drug-likeness (QED) is 0.175. The highest BCUT2D eigenvalue weighted by Crippen LogP contribution is 2.62. The zero-order valence-electron chi connectivity index (χ0n) is 26.8. The molecule has 0 heterocycles. The van der Waals surface area contributed by atoms with Crippen LogP contribution in [-0.4, -0.2) is 5.11 Å². The van der Waals surface area contributed by atoms with E-state index in [1.165, 1.54) is 27.0 Å². The van der Waals surface area contributed by atoms with Crippen LogP contribution in [0.25, 0.3) is 33.4 Å². The summed E-state index contributed by atoms with van der Waals surface area (Å²) < 4.78 is 0. The molecule has 0 bridgehead atoms. The first-order valence-electron chi connectivity index (χ1n) is 15.4. The molecule has 0 unspecified atom stereocenters. The van der Waals surface area contributed by atoms with Gasteiger partial charge >= 0.3 is 0 Å². The summed E-state index contributed by atoms with van der Waals surface area (Å²) in [4.78, 5) is 0. The van der Waals surface area contributed by atoms with Gasteiger partial charge in [-0.3, -0.25) is 0 Å². The highest BCUT2D eigenvalue weighted by atomic mass is 79.9. The van der Waals surface area contributed by atoms with Crippen molar-refractivity contribution in [1.82, 2.24) is 0 Å². The Hall–Kier alpha value is -3.97. The number of benzene rings is 6. The fourth-order valence-electron chi connectivity index (χ4n) is 6.97. The third-order valence-corrected chi connectivity index (χ3v) is 15.5. The van der Waals surface area contributed by atoms with Crippen molar-refractivity contribution in [2.24, 2.45) is 0 Å². The Kier molecular flexibility index (Phi) is 8.57. The van der Waals surface area contributed by atoms with E-state index in [1.807, 2.05) is 0 Å². The first-order valence-corrected chi connectivity index (χ1v) is 19.2. The third kappa shape index (κ3) is 5.79. The Balaban J connectivity index is 1.56. The van der Waals surface area contributed by atoms with Crippen LogP contribution in [0.1, 0.15) is 33.4 Å². The van der Waals surface area contributed by atoms with Crippen LogP contribution < -0.4 is 15.9 Å². The average Bonchev–Trinajstić information content (AvgIpc) is 3.02. The van der Waals surface area contributed by atoms with Crippen LogP contribution in [0.3, 0.4) is 0 Å². The monoisotopic (exact) mass is 669 g/mol. The Morgan fingerprint density at radius 3 is 1.18 bits per heavy atom. The van der Waals surface area contributed by atoms with Gasteiger partial charge < -0.3 is 5.11 Å². The fraction of sp³-hybridized carbons (Fsp3) is 0.143. The summed E-state index contributed by atoms with van der Waals surface area (Å²) in [5, 5.41) is 15.8. The summed E-state index contributed by atoms with van der Waals surface area (Å²) >= 11 is 4.31. The second kappa shape index (κ2) is 12.4. The fourth-order valence-corrected chi connectivity index (χ4v) is 11.7. The summed E-state index contributed by atoms with van der Waals surface area (Å²) in [5.74, 6) is -1.69. The van der Waals surface area contributed by atoms with E-state index in [9.17, 15) is 5.11 Å². The van der Waals surface area contributed by atoms with Gasteiger partial charge in [-0.05, 0) is 135 Å². The Morgan fingerprint density at radius 1 is 0.444 bits per heavy atom. The molecule has 0 aliphatic rings. The van der Waals surface area contributed by atoms with E-state index in [2.05, 4.69) is 178 Å². The number of hydrogen-bond donors (Lipinski definition) is 1. The largest absolute Gasteiger partial charge is 0.507 e. The molecular weight excluding hydrogens is 631 g/mol. The van der Waals surface area contributed by atoms with Gasteiger partial charge in [-0.2, -0.15) is 0 Å². The lowest BCUT2D eigenvalue weighted by Crippen LogP contribution is -2.26. The van der Waals surface area contributed by atoms with Crippen LogP contribution in [0.2, 0.25) is 0 Å². The summed E-state index contributed by atoms with van der Waals surface area (Å²) in [6, 6.07) is 43.7. The van der Waals surface area contributed by atoms with Gasteiger partial charge in [-0.15, -0.1) is 0 Å². The normalized spacial score (nSPS) is 11.5. The summed E-state index contributed by atoms with van der Waals surface area (Å²) in [6.45, 7) is 12.8. The molecule has 0 aromatic heterocycles. The number of aromatic hydroxyl groups is 1. The summed E-state index contributed by atoms with van der Waals surface area (Å²) in [5.41, 5.74) is 13.2. The van der Waals surface area contributed by atoms with E-state index in [4.69, 9.17) is 0 Å². The minimum Gasteiger partial charge on any atom is -0.507 e. The van der Waals surface area contributed by atoms with Crippen molar-refractivity contribution in [2.75, 3.05) is 0 Å². The molecule has 3 heteroatoms. The van der Waals surface area contributed by atoms with Gasteiger partial charge in [0, 0.05) is 11.1 Å². The topological polar surface area (TPSA) is 20.2 Å². The lowest BCUT2D eigenvalue weighted by molar-refractivity contribution is 0.479. The minimum atomic E-state index is -2.02. The molecule has 1 nitrogen and oxygen atoms in total. The van der Waals surface area contributed by atoms with Crippen LogP contribution in [-0.2, 0) is 0 Å². The maximum absolute atomic E-state index is 12.0. The zero-order chi connectivity index (χ0) is 31.9. The number of halogens is 1. The molecule has 0 aliphatic heterocycles. The molecule has 0 saturated heterocycles. The molecular formula is C42H39BrOP+. The summed E-state index contributed by atoms with van der Waals surface area (Å²) in [7, 11) is 0. The van der Waals surface area contributed by atoms with E-state index in [-0.39, 0.29) is 0 Å². The van der Waals surface area contributed by atoms with Crippen molar-refractivity contribution >= 4 is 37.4 Å². The van der Waals surface area contributed by atoms with E-state index >= 15 is 0 Å². The number of rotatable bonds is 6. The van der Waals surface area contributed by atoms with E-state index in [1.54, 1.807) is 0 Å². The van der Waals surface area contributed by atoms with E-state index < -0.39 is 5.96 Å². The average molecular weight is 671 g/mol. The molecule has 0 amide bonds. The lowest BCUT2D eigenvalue weighted by Gasteiger charge is -2.21. The number of hydrogen-bond acceptors (Lipinski definition) is 1. The molecule has 6 rings (SSSR count). The third-order valence-electron chi connectivity index (χ3n) is 8.78. The highest BCUT2D eigenvalue weighted by Gasteiger charge is 2.43. The standard InChI is InChI=1S/C42H38BrOP/c1-27-21-29(3)40(30(4)22-27)38-25-34(26-39(42(38)44)41-31(5)23-28(2)24-32(41)6)33-17-19-37(20-18-33)45(43,35-13-9-7-10-14-35)36-15-11-8-12-16-36/h7-26H,1-6H3/p+1. The van der Waals surface area contributed by atoms with Crippen molar-refractivity contribution in [3.63, 3.8) is 0 Å². The first-order chi connectivity index (χ1) is 21.6. The van der Waals surface area contributed by atoms with Crippen molar-refractivity contribution < 1.29 is 5.11 Å². The molecule has 0 radical (unpaired) electrons. The SMILES string of the molecule is Cc1cc(C)c(-c2cc(-c3ccc([P+](Br)(c4ccccc4)c4ccccc4)cc3)cc(-c3c(C)cc(C)cc3C)c2O)c(C)c1. The maximum Gasteiger partial charge on any atom is 0.181 e. The minimum absolute atomic E-state index is 0.332. The van der Waals surface area contributed by atoms with Crippen LogP contribution >= 0.6 is 21.5 Å². The smallest absolute Gasteiger partial charge is 0.181 e. The van der Waals surface area contributed by atoms with E-state index in [0.717, 1.165) is 55.6 Å². The molecule has 1 N–H and O–H groups in total. The van der Waals surface area contributed by atoms with Gasteiger partial charge in [0.25, 0.3) is 0 Å². The lowest BCUT2D eigenvalue weighted by atomic mass is 9.85. The van der Waals surface area contributed by atoms with Gasteiger partial charge in [0.15, 0.2) is 21.5 Å². The molecule has 224 valence electrons. The zero-order valence-corrected chi connectivity index (χ0v) is 29.3.